The van der Waals surface area contributed by atoms with E-state index in [1.807, 2.05) is 6.92 Å². The van der Waals surface area contributed by atoms with Gasteiger partial charge in [-0.25, -0.2) is 9.36 Å². The number of carbonyl (C=O) groups excluding carboxylic acids is 1. The Morgan fingerprint density at radius 1 is 1.15 bits per heavy atom. The van der Waals surface area contributed by atoms with Gasteiger partial charge >= 0.3 is 5.69 Å². The second-order valence-electron chi connectivity index (χ2n) is 6.26. The number of para-hydroxylation sites is 1. The van der Waals surface area contributed by atoms with Gasteiger partial charge in [-0.2, -0.15) is 0 Å². The van der Waals surface area contributed by atoms with Crippen LogP contribution in [-0.2, 0) is 4.79 Å². The highest BCUT2D eigenvalue weighted by Gasteiger charge is 2.22. The van der Waals surface area contributed by atoms with Gasteiger partial charge < -0.3 is 5.32 Å². The average Bonchev–Trinajstić information content (AvgIpc) is 2.66. The number of nitrogens with one attached hydrogen (secondary N) is 1. The predicted molar refractivity (Wildman–Crippen MR) is 107 cm³/mol. The number of aromatic nitrogens is 2. The quantitative estimate of drug-likeness (QED) is 0.734. The molecular weight excluding hydrogens is 366 g/mol. The summed E-state index contributed by atoms with van der Waals surface area (Å²) in [5.74, 6) is -0.277. The molecule has 1 heterocycles. The van der Waals surface area contributed by atoms with Crippen molar-refractivity contribution in [2.24, 2.45) is 0 Å². The number of hydrogen-bond acceptors (Lipinski definition) is 3. The Morgan fingerprint density at radius 3 is 2.59 bits per heavy atom. The molecule has 1 atom stereocenters. The van der Waals surface area contributed by atoms with Gasteiger partial charge in [-0.3, -0.25) is 14.2 Å². The van der Waals surface area contributed by atoms with Crippen molar-refractivity contribution < 1.29 is 4.79 Å². The standard InChI is InChI=1S/C20H20ClN3O3/c1-3-11-22-18(25)13(2)23-17-10-5-4-9-16(17)19(26)24(20(23)27)15-8-6-7-14(21)12-15/h4-10,12-13H,3,11H2,1-2H3,(H,22,25)/t13-/m0/s1. The van der Waals surface area contributed by atoms with E-state index in [1.165, 1.54) is 4.57 Å². The summed E-state index contributed by atoms with van der Waals surface area (Å²) in [5.41, 5.74) is -0.251. The third kappa shape index (κ3) is 3.53. The second kappa shape index (κ2) is 7.80. The molecule has 6 nitrogen and oxygen atoms in total. The Bertz CT molecular complexity index is 1120. The van der Waals surface area contributed by atoms with Gasteiger partial charge in [0.15, 0.2) is 0 Å². The van der Waals surface area contributed by atoms with Crippen molar-refractivity contribution in [1.29, 1.82) is 0 Å². The molecule has 0 saturated heterocycles. The van der Waals surface area contributed by atoms with Gasteiger partial charge in [0.05, 0.1) is 16.6 Å². The van der Waals surface area contributed by atoms with Crippen molar-refractivity contribution in [2.45, 2.75) is 26.3 Å². The molecule has 2 aromatic carbocycles. The number of carbonyl (C=O) groups is 1. The molecule has 1 aromatic heterocycles. The third-order valence-electron chi connectivity index (χ3n) is 4.38. The number of fused-ring (bicyclic) bond motifs is 1. The molecule has 1 N–H and O–H groups in total. The highest BCUT2D eigenvalue weighted by atomic mass is 35.5. The zero-order chi connectivity index (χ0) is 19.6. The highest BCUT2D eigenvalue weighted by molar-refractivity contribution is 6.30. The number of halogens is 1. The van der Waals surface area contributed by atoms with E-state index >= 15 is 0 Å². The van der Waals surface area contributed by atoms with Crippen LogP contribution in [0.4, 0.5) is 0 Å². The molecule has 0 radical (unpaired) electrons. The van der Waals surface area contributed by atoms with Crippen LogP contribution in [0.2, 0.25) is 5.02 Å². The molecule has 3 aromatic rings. The van der Waals surface area contributed by atoms with Crippen LogP contribution >= 0.6 is 11.6 Å². The maximum absolute atomic E-state index is 13.2. The largest absolute Gasteiger partial charge is 0.354 e. The summed E-state index contributed by atoms with van der Waals surface area (Å²) in [5, 5.41) is 3.56. The average molecular weight is 386 g/mol. The summed E-state index contributed by atoms with van der Waals surface area (Å²) >= 11 is 6.04. The lowest BCUT2D eigenvalue weighted by molar-refractivity contribution is -0.123. The van der Waals surface area contributed by atoms with Crippen LogP contribution in [0.25, 0.3) is 16.6 Å². The van der Waals surface area contributed by atoms with Crippen molar-refractivity contribution in [3.8, 4) is 5.69 Å². The van der Waals surface area contributed by atoms with Crippen LogP contribution in [-0.4, -0.2) is 21.6 Å². The lowest BCUT2D eigenvalue weighted by Gasteiger charge is -2.19. The van der Waals surface area contributed by atoms with E-state index in [2.05, 4.69) is 5.32 Å². The first-order valence-electron chi connectivity index (χ1n) is 8.75. The van der Waals surface area contributed by atoms with Crippen molar-refractivity contribution in [3.05, 3.63) is 74.4 Å². The lowest BCUT2D eigenvalue weighted by Crippen LogP contribution is -2.43. The monoisotopic (exact) mass is 385 g/mol. The second-order valence-corrected chi connectivity index (χ2v) is 6.69. The third-order valence-corrected chi connectivity index (χ3v) is 4.61. The molecule has 0 unspecified atom stereocenters. The molecule has 0 bridgehead atoms. The molecule has 1 amide bonds. The van der Waals surface area contributed by atoms with E-state index in [0.29, 0.717) is 28.2 Å². The molecule has 3 rings (SSSR count). The molecule has 140 valence electrons. The summed E-state index contributed by atoms with van der Waals surface area (Å²) < 4.78 is 2.40. The molecule has 0 fully saturated rings. The summed E-state index contributed by atoms with van der Waals surface area (Å²) in [4.78, 5) is 38.7. The maximum atomic E-state index is 13.2. The van der Waals surface area contributed by atoms with Gasteiger partial charge in [0.25, 0.3) is 5.56 Å². The fourth-order valence-corrected chi connectivity index (χ4v) is 3.20. The van der Waals surface area contributed by atoms with Gasteiger partial charge in [-0.1, -0.05) is 36.7 Å². The van der Waals surface area contributed by atoms with Crippen LogP contribution < -0.4 is 16.6 Å². The van der Waals surface area contributed by atoms with Gasteiger partial charge in [0, 0.05) is 11.6 Å². The Labute approximate surface area is 161 Å². The van der Waals surface area contributed by atoms with Crippen molar-refractivity contribution in [2.75, 3.05) is 6.54 Å². The number of benzene rings is 2. The van der Waals surface area contributed by atoms with Crippen molar-refractivity contribution in [1.82, 2.24) is 14.5 Å². The molecule has 27 heavy (non-hydrogen) atoms. The lowest BCUT2D eigenvalue weighted by atomic mass is 10.2. The molecule has 0 spiro atoms. The van der Waals surface area contributed by atoms with Gasteiger partial charge in [-0.15, -0.1) is 0 Å². The molecule has 0 aliphatic heterocycles. The number of rotatable bonds is 5. The molecule has 7 heteroatoms. The zero-order valence-electron chi connectivity index (χ0n) is 15.1. The van der Waals surface area contributed by atoms with Crippen LogP contribution in [0, 0.1) is 0 Å². The Balaban J connectivity index is 2.32. The molecule has 0 aliphatic rings. The van der Waals surface area contributed by atoms with Gasteiger partial charge in [0.2, 0.25) is 5.91 Å². The fraction of sp³-hybridized carbons (Fsp3) is 0.250. The molecular formula is C20H20ClN3O3. The van der Waals surface area contributed by atoms with Crippen LogP contribution in [0.1, 0.15) is 26.3 Å². The maximum Gasteiger partial charge on any atom is 0.336 e. The van der Waals surface area contributed by atoms with E-state index in [1.54, 1.807) is 55.5 Å². The van der Waals surface area contributed by atoms with Gasteiger partial charge in [0.1, 0.15) is 6.04 Å². The minimum Gasteiger partial charge on any atom is -0.354 e. The topological polar surface area (TPSA) is 73.1 Å². The number of hydrogen-bond donors (Lipinski definition) is 1. The SMILES string of the molecule is CCCNC(=O)[C@H](C)n1c(=O)n(-c2cccc(Cl)c2)c(=O)c2ccccc21. The van der Waals surface area contributed by atoms with Crippen LogP contribution in [0.15, 0.2) is 58.1 Å². The first-order chi connectivity index (χ1) is 13.0. The first-order valence-corrected chi connectivity index (χ1v) is 9.13. The van der Waals surface area contributed by atoms with E-state index in [9.17, 15) is 14.4 Å². The van der Waals surface area contributed by atoms with Crippen LogP contribution in [0.3, 0.4) is 0 Å². The van der Waals surface area contributed by atoms with E-state index in [0.717, 1.165) is 11.0 Å². The zero-order valence-corrected chi connectivity index (χ0v) is 15.9. The first kappa shape index (κ1) is 18.9. The minimum absolute atomic E-state index is 0.277. The molecule has 0 saturated carbocycles. The van der Waals surface area contributed by atoms with E-state index in [4.69, 9.17) is 11.6 Å². The predicted octanol–water partition coefficient (Wildman–Crippen LogP) is 2.89. The Morgan fingerprint density at radius 2 is 1.89 bits per heavy atom. The smallest absolute Gasteiger partial charge is 0.336 e. The summed E-state index contributed by atoms with van der Waals surface area (Å²) in [6.45, 7) is 4.11. The number of amides is 1. The Hall–Kier alpha value is -2.86. The molecule has 0 aliphatic carbocycles. The van der Waals surface area contributed by atoms with Crippen molar-refractivity contribution in [3.63, 3.8) is 0 Å². The minimum atomic E-state index is -0.778. The summed E-state index contributed by atoms with van der Waals surface area (Å²) in [7, 11) is 0. The summed E-state index contributed by atoms with van der Waals surface area (Å²) in [6, 6.07) is 12.5. The Kier molecular flexibility index (Phi) is 5.46. The van der Waals surface area contributed by atoms with E-state index < -0.39 is 17.3 Å². The fourth-order valence-electron chi connectivity index (χ4n) is 3.01. The normalized spacial score (nSPS) is 12.1. The van der Waals surface area contributed by atoms with Crippen molar-refractivity contribution >= 4 is 28.4 Å². The van der Waals surface area contributed by atoms with Gasteiger partial charge in [-0.05, 0) is 43.7 Å². The number of nitrogens with zero attached hydrogens (tertiary/aromatic N) is 2. The highest BCUT2D eigenvalue weighted by Crippen LogP contribution is 2.16. The van der Waals surface area contributed by atoms with E-state index in [-0.39, 0.29) is 5.91 Å². The van der Waals surface area contributed by atoms with Crippen LogP contribution in [0.5, 0.6) is 0 Å². The summed E-state index contributed by atoms with van der Waals surface area (Å²) in [6.07, 6.45) is 0.788.